The van der Waals surface area contributed by atoms with Crippen LogP contribution in [0.25, 0.3) is 11.2 Å². The number of fused-ring (bicyclic) bond motifs is 2. The summed E-state index contributed by atoms with van der Waals surface area (Å²) < 4.78 is 39.9. The first-order valence-electron chi connectivity index (χ1n) is 9.55. The Labute approximate surface area is 185 Å². The van der Waals surface area contributed by atoms with Crippen molar-refractivity contribution < 1.29 is 23.0 Å². The molecule has 1 aliphatic carbocycles. The SMILES string of the molecule is CNC(=O)[C@@]1(C)C[C@@H](n2cnc3c(NCC(F)F)nc(I)nc32)[C@@H]2OC(C)(C)O[C@@H]21. The van der Waals surface area contributed by atoms with Gasteiger partial charge in [0, 0.05) is 29.6 Å². The highest BCUT2D eigenvalue weighted by Gasteiger charge is 2.63. The van der Waals surface area contributed by atoms with E-state index in [1.807, 2.05) is 47.9 Å². The maximum atomic E-state index is 12.7. The fraction of sp³-hybridized carbons (Fsp3) is 0.667. The number of carbonyl (C=O) groups is 1. The minimum absolute atomic E-state index is 0.130. The number of aromatic nitrogens is 4. The van der Waals surface area contributed by atoms with E-state index in [1.165, 1.54) is 0 Å². The smallest absolute Gasteiger partial charge is 0.255 e. The van der Waals surface area contributed by atoms with Gasteiger partial charge in [-0.05, 0) is 27.2 Å². The number of nitrogens with one attached hydrogen (secondary N) is 2. The number of imidazole rings is 1. The monoisotopic (exact) mass is 536 g/mol. The van der Waals surface area contributed by atoms with E-state index < -0.39 is 36.4 Å². The van der Waals surface area contributed by atoms with Crippen molar-refractivity contribution in [2.24, 2.45) is 5.41 Å². The summed E-state index contributed by atoms with van der Waals surface area (Å²) in [5, 5.41) is 5.36. The van der Waals surface area contributed by atoms with Crippen LogP contribution < -0.4 is 10.6 Å². The molecule has 2 aliphatic rings. The van der Waals surface area contributed by atoms with Gasteiger partial charge in [-0.25, -0.2) is 23.7 Å². The molecule has 2 N–H and O–H groups in total. The van der Waals surface area contributed by atoms with Crippen molar-refractivity contribution in [1.82, 2.24) is 24.8 Å². The van der Waals surface area contributed by atoms with Crippen molar-refractivity contribution in [3.05, 3.63) is 10.2 Å². The molecule has 1 saturated carbocycles. The molecule has 1 saturated heterocycles. The molecule has 2 aromatic rings. The summed E-state index contributed by atoms with van der Waals surface area (Å²) in [5.41, 5.74) is 0.0643. The first kappa shape index (κ1) is 21.6. The van der Waals surface area contributed by atoms with Crippen molar-refractivity contribution in [2.75, 3.05) is 18.9 Å². The topological polar surface area (TPSA) is 103 Å². The Hall–Kier alpha value is -1.67. The molecule has 4 atom stereocenters. The molecule has 9 nitrogen and oxygen atoms in total. The number of nitrogens with zero attached hydrogens (tertiary/aromatic N) is 4. The third-order valence-electron chi connectivity index (χ3n) is 5.69. The van der Waals surface area contributed by atoms with Gasteiger partial charge in [-0.1, -0.05) is 0 Å². The Balaban J connectivity index is 1.77. The molecule has 30 heavy (non-hydrogen) atoms. The average molecular weight is 536 g/mol. The average Bonchev–Trinajstić information content (AvgIpc) is 3.30. The molecule has 3 heterocycles. The lowest BCUT2D eigenvalue weighted by atomic mass is 9.85. The van der Waals surface area contributed by atoms with E-state index in [9.17, 15) is 13.6 Å². The summed E-state index contributed by atoms with van der Waals surface area (Å²) in [6.45, 7) is 4.96. The van der Waals surface area contributed by atoms with Gasteiger partial charge in [0.25, 0.3) is 6.43 Å². The van der Waals surface area contributed by atoms with E-state index >= 15 is 0 Å². The van der Waals surface area contributed by atoms with Crippen LogP contribution in [0.1, 0.15) is 33.2 Å². The van der Waals surface area contributed by atoms with Gasteiger partial charge >= 0.3 is 0 Å². The standard InChI is InChI=1S/C18H23F2IN6O3/c1-17(2)29-11-8(5-18(3,12(11)30-17)15(28)22-4)27-7-24-10-13(23-6-9(19)20)25-16(21)26-14(10)27/h7-9,11-12H,5-6H2,1-4H3,(H,22,28)(H,23,25,26)/t8-,11+,12+,18+/m1/s1. The number of carbonyl (C=O) groups excluding carboxylic acids is 1. The molecule has 1 amide bonds. The van der Waals surface area contributed by atoms with Gasteiger partial charge in [0.1, 0.15) is 12.2 Å². The molecule has 0 radical (unpaired) electrons. The van der Waals surface area contributed by atoms with Crippen LogP contribution in [0.15, 0.2) is 6.33 Å². The number of hydrogen-bond donors (Lipinski definition) is 2. The maximum absolute atomic E-state index is 12.7. The minimum atomic E-state index is -2.52. The molecular formula is C18H23F2IN6O3. The summed E-state index contributed by atoms with van der Waals surface area (Å²) in [6.07, 6.45) is -1.33. The fourth-order valence-electron chi connectivity index (χ4n) is 4.42. The molecule has 164 valence electrons. The zero-order chi connectivity index (χ0) is 21.8. The Kier molecular flexibility index (Phi) is 5.37. The fourth-order valence-corrected chi connectivity index (χ4v) is 4.89. The second kappa shape index (κ2) is 7.48. The van der Waals surface area contributed by atoms with E-state index in [1.54, 1.807) is 13.4 Å². The summed E-state index contributed by atoms with van der Waals surface area (Å²) in [4.78, 5) is 25.8. The number of ether oxygens (including phenoxy) is 2. The van der Waals surface area contributed by atoms with Crippen molar-refractivity contribution in [1.29, 1.82) is 0 Å². The quantitative estimate of drug-likeness (QED) is 0.447. The van der Waals surface area contributed by atoms with Crippen molar-refractivity contribution in [2.45, 2.75) is 57.7 Å². The summed E-state index contributed by atoms with van der Waals surface area (Å²) >= 11 is 1.94. The summed E-state index contributed by atoms with van der Waals surface area (Å²) in [5.74, 6) is -0.724. The molecule has 0 bridgehead atoms. The molecule has 0 spiro atoms. The minimum Gasteiger partial charge on any atom is -0.362 e. The first-order chi connectivity index (χ1) is 14.1. The van der Waals surface area contributed by atoms with E-state index in [0.717, 1.165) is 0 Å². The summed E-state index contributed by atoms with van der Waals surface area (Å²) in [7, 11) is 1.60. The lowest BCUT2D eigenvalue weighted by molar-refractivity contribution is -0.171. The van der Waals surface area contributed by atoms with Crippen molar-refractivity contribution in [3.63, 3.8) is 0 Å². The molecule has 4 rings (SSSR count). The predicted octanol–water partition coefficient (Wildman–Crippen LogP) is 2.33. The zero-order valence-corrected chi connectivity index (χ0v) is 19.1. The summed E-state index contributed by atoms with van der Waals surface area (Å²) in [6, 6.07) is -0.280. The van der Waals surface area contributed by atoms with Crippen LogP contribution in [0.2, 0.25) is 0 Å². The normalized spacial score (nSPS) is 30.1. The predicted molar refractivity (Wildman–Crippen MR) is 112 cm³/mol. The van der Waals surface area contributed by atoms with Gasteiger partial charge in [0.2, 0.25) is 5.91 Å². The maximum Gasteiger partial charge on any atom is 0.255 e. The van der Waals surface area contributed by atoms with Crippen LogP contribution in [-0.4, -0.2) is 63.4 Å². The second-order valence-electron chi connectivity index (χ2n) is 8.23. The second-order valence-corrected chi connectivity index (χ2v) is 9.19. The molecule has 1 aliphatic heterocycles. The van der Waals surface area contributed by atoms with Gasteiger partial charge in [-0.3, -0.25) is 4.79 Å². The number of amides is 1. The molecule has 0 aromatic carbocycles. The number of anilines is 1. The molecule has 2 fully saturated rings. The number of hydrogen-bond acceptors (Lipinski definition) is 7. The largest absolute Gasteiger partial charge is 0.362 e. The van der Waals surface area contributed by atoms with Gasteiger partial charge in [0.05, 0.1) is 24.3 Å². The van der Waals surface area contributed by atoms with Gasteiger partial charge < -0.3 is 24.7 Å². The van der Waals surface area contributed by atoms with Crippen LogP contribution in [0.4, 0.5) is 14.6 Å². The van der Waals surface area contributed by atoms with E-state index in [4.69, 9.17) is 9.47 Å². The molecular weight excluding hydrogens is 513 g/mol. The third kappa shape index (κ3) is 3.51. The number of rotatable bonds is 5. The van der Waals surface area contributed by atoms with E-state index in [0.29, 0.717) is 21.4 Å². The van der Waals surface area contributed by atoms with Crippen molar-refractivity contribution in [3.8, 4) is 0 Å². The third-order valence-corrected chi connectivity index (χ3v) is 6.17. The van der Waals surface area contributed by atoms with Crippen LogP contribution >= 0.6 is 22.6 Å². The Morgan fingerprint density at radius 2 is 2.10 bits per heavy atom. The van der Waals surface area contributed by atoms with Crippen LogP contribution in [0.3, 0.4) is 0 Å². The zero-order valence-electron chi connectivity index (χ0n) is 16.9. The van der Waals surface area contributed by atoms with Crippen LogP contribution in [0, 0.1) is 9.25 Å². The van der Waals surface area contributed by atoms with E-state index in [2.05, 4.69) is 25.6 Å². The Morgan fingerprint density at radius 1 is 1.37 bits per heavy atom. The highest BCUT2D eigenvalue weighted by atomic mass is 127. The molecule has 12 heteroatoms. The lowest BCUT2D eigenvalue weighted by Gasteiger charge is -2.29. The Bertz CT molecular complexity index is 986. The van der Waals surface area contributed by atoms with Crippen molar-refractivity contribution >= 4 is 45.5 Å². The van der Waals surface area contributed by atoms with Gasteiger partial charge in [-0.2, -0.15) is 0 Å². The van der Waals surface area contributed by atoms with Gasteiger partial charge in [0.15, 0.2) is 26.6 Å². The number of halogens is 3. The Morgan fingerprint density at radius 3 is 2.77 bits per heavy atom. The van der Waals surface area contributed by atoms with Crippen LogP contribution in [0.5, 0.6) is 0 Å². The molecule has 2 aromatic heterocycles. The van der Waals surface area contributed by atoms with Gasteiger partial charge in [-0.15, -0.1) is 0 Å². The lowest BCUT2D eigenvalue weighted by Crippen LogP contribution is -2.45. The van der Waals surface area contributed by atoms with Crippen LogP contribution in [-0.2, 0) is 14.3 Å². The molecule has 0 unspecified atom stereocenters. The number of alkyl halides is 2. The first-order valence-corrected chi connectivity index (χ1v) is 10.6. The van der Waals surface area contributed by atoms with E-state index in [-0.39, 0.29) is 17.8 Å². The highest BCUT2D eigenvalue weighted by molar-refractivity contribution is 14.1. The highest BCUT2D eigenvalue weighted by Crippen LogP contribution is 2.53.